The van der Waals surface area contributed by atoms with Gasteiger partial charge >= 0.3 is 0 Å². The van der Waals surface area contributed by atoms with Crippen LogP contribution in [0.3, 0.4) is 0 Å². The molecule has 2 N–H and O–H groups in total. The molecule has 2 aliphatic carbocycles. The number of rotatable bonds is 2. The average molecular weight is 181 g/mol. The van der Waals surface area contributed by atoms with Crippen LogP contribution < -0.4 is 5.73 Å². The Balaban J connectivity index is 2.03. The van der Waals surface area contributed by atoms with E-state index in [4.69, 9.17) is 5.73 Å². The molecule has 0 heterocycles. The standard InChI is InChI=1S/C12H23N/c1-2-12(9-13)8-10-6-4-3-5-7-11(10)12/h10-11H,2-9,13H2,1H3/t10?,11-,12+/m0/s1. The third kappa shape index (κ3) is 1.41. The summed E-state index contributed by atoms with van der Waals surface area (Å²) in [4.78, 5) is 0. The Morgan fingerprint density at radius 2 is 2.00 bits per heavy atom. The predicted octanol–water partition coefficient (Wildman–Crippen LogP) is 2.94. The normalized spacial score (nSPS) is 44.8. The molecule has 0 aliphatic heterocycles. The first-order valence-electron chi connectivity index (χ1n) is 6.02. The van der Waals surface area contributed by atoms with Crippen LogP contribution in [0.25, 0.3) is 0 Å². The first-order valence-corrected chi connectivity index (χ1v) is 6.02. The van der Waals surface area contributed by atoms with E-state index in [2.05, 4.69) is 6.92 Å². The van der Waals surface area contributed by atoms with Crippen LogP contribution in [0.1, 0.15) is 51.9 Å². The quantitative estimate of drug-likeness (QED) is 0.696. The lowest BCUT2D eigenvalue weighted by molar-refractivity contribution is -0.0436. The summed E-state index contributed by atoms with van der Waals surface area (Å²) in [6.07, 6.45) is 10.1. The molecule has 2 aliphatic rings. The smallest absolute Gasteiger partial charge is 0.00178 e. The summed E-state index contributed by atoms with van der Waals surface area (Å²) < 4.78 is 0. The molecule has 1 unspecified atom stereocenters. The first-order chi connectivity index (χ1) is 6.32. The lowest BCUT2D eigenvalue weighted by Gasteiger charge is -2.55. The maximum atomic E-state index is 5.94. The molecule has 76 valence electrons. The van der Waals surface area contributed by atoms with Crippen molar-refractivity contribution in [3.63, 3.8) is 0 Å². The minimum atomic E-state index is 0.564. The van der Waals surface area contributed by atoms with E-state index in [0.29, 0.717) is 5.41 Å². The van der Waals surface area contributed by atoms with E-state index in [-0.39, 0.29) is 0 Å². The molecule has 0 spiro atoms. The first kappa shape index (κ1) is 9.51. The molecule has 0 radical (unpaired) electrons. The van der Waals surface area contributed by atoms with Gasteiger partial charge < -0.3 is 5.73 Å². The third-order valence-corrected chi connectivity index (χ3v) is 4.73. The molecule has 2 rings (SSSR count). The summed E-state index contributed by atoms with van der Waals surface area (Å²) >= 11 is 0. The van der Waals surface area contributed by atoms with Gasteiger partial charge in [-0.15, -0.1) is 0 Å². The zero-order valence-electron chi connectivity index (χ0n) is 8.89. The molecule has 0 amide bonds. The van der Waals surface area contributed by atoms with Gasteiger partial charge in [0, 0.05) is 0 Å². The van der Waals surface area contributed by atoms with E-state index in [0.717, 1.165) is 18.4 Å². The van der Waals surface area contributed by atoms with Gasteiger partial charge in [0.15, 0.2) is 0 Å². The van der Waals surface area contributed by atoms with Gasteiger partial charge in [0.2, 0.25) is 0 Å². The van der Waals surface area contributed by atoms with Crippen molar-refractivity contribution in [2.45, 2.75) is 51.9 Å². The van der Waals surface area contributed by atoms with Crippen molar-refractivity contribution >= 4 is 0 Å². The molecule has 2 fully saturated rings. The number of nitrogens with two attached hydrogens (primary N) is 1. The van der Waals surface area contributed by atoms with E-state index < -0.39 is 0 Å². The van der Waals surface area contributed by atoms with E-state index in [1.807, 2.05) is 0 Å². The van der Waals surface area contributed by atoms with Crippen molar-refractivity contribution in [3.8, 4) is 0 Å². The molecule has 3 atom stereocenters. The van der Waals surface area contributed by atoms with E-state index in [1.165, 1.54) is 44.9 Å². The highest BCUT2D eigenvalue weighted by Gasteiger charge is 2.50. The SMILES string of the molecule is CC[C@]1(CN)CC2CCCCC[C@@H]21. The minimum Gasteiger partial charge on any atom is -0.330 e. The Bertz CT molecular complexity index is 172. The third-order valence-electron chi connectivity index (χ3n) is 4.73. The molecule has 2 saturated carbocycles. The fourth-order valence-electron chi connectivity index (χ4n) is 3.73. The lowest BCUT2D eigenvalue weighted by Crippen LogP contribution is -2.51. The summed E-state index contributed by atoms with van der Waals surface area (Å²) in [5.41, 5.74) is 6.50. The average Bonchev–Trinajstić information content (AvgIpc) is 2.32. The summed E-state index contributed by atoms with van der Waals surface area (Å²) in [6, 6.07) is 0. The van der Waals surface area contributed by atoms with Gasteiger partial charge in [-0.1, -0.05) is 32.6 Å². The van der Waals surface area contributed by atoms with Gasteiger partial charge in [0.05, 0.1) is 0 Å². The van der Waals surface area contributed by atoms with Gasteiger partial charge in [0.25, 0.3) is 0 Å². The second kappa shape index (κ2) is 3.61. The highest BCUT2D eigenvalue weighted by molar-refractivity contribution is 5.01. The van der Waals surface area contributed by atoms with Gasteiger partial charge in [0.1, 0.15) is 0 Å². The fraction of sp³-hybridized carbons (Fsp3) is 1.00. The largest absolute Gasteiger partial charge is 0.330 e. The molecule has 0 bridgehead atoms. The molecular weight excluding hydrogens is 158 g/mol. The molecule has 1 heteroatoms. The summed E-state index contributed by atoms with van der Waals surface area (Å²) in [5.74, 6) is 2.04. The van der Waals surface area contributed by atoms with Crippen molar-refractivity contribution in [1.29, 1.82) is 0 Å². The Kier molecular flexibility index (Phi) is 2.64. The van der Waals surface area contributed by atoms with E-state index >= 15 is 0 Å². The zero-order chi connectivity index (χ0) is 9.31. The Labute approximate surface area is 82.1 Å². The highest BCUT2D eigenvalue weighted by Crippen LogP contribution is 2.57. The topological polar surface area (TPSA) is 26.0 Å². The maximum Gasteiger partial charge on any atom is -0.00178 e. The van der Waals surface area contributed by atoms with Crippen LogP contribution in [-0.4, -0.2) is 6.54 Å². The van der Waals surface area contributed by atoms with Gasteiger partial charge in [-0.2, -0.15) is 0 Å². The molecular formula is C12H23N. The maximum absolute atomic E-state index is 5.94. The van der Waals surface area contributed by atoms with E-state index in [1.54, 1.807) is 0 Å². The van der Waals surface area contributed by atoms with Crippen molar-refractivity contribution < 1.29 is 0 Å². The number of hydrogen-bond acceptors (Lipinski definition) is 1. The van der Waals surface area contributed by atoms with Crippen LogP contribution in [0.4, 0.5) is 0 Å². The second-order valence-corrected chi connectivity index (χ2v) is 5.13. The monoisotopic (exact) mass is 181 g/mol. The molecule has 1 nitrogen and oxygen atoms in total. The van der Waals surface area contributed by atoms with Crippen LogP contribution in [0.2, 0.25) is 0 Å². The fourth-order valence-corrected chi connectivity index (χ4v) is 3.73. The molecule has 13 heavy (non-hydrogen) atoms. The summed E-state index contributed by atoms with van der Waals surface area (Å²) in [5, 5.41) is 0. The van der Waals surface area contributed by atoms with Crippen LogP contribution in [-0.2, 0) is 0 Å². The summed E-state index contributed by atoms with van der Waals surface area (Å²) in [6.45, 7) is 3.26. The number of fused-ring (bicyclic) bond motifs is 1. The Morgan fingerprint density at radius 3 is 2.69 bits per heavy atom. The molecule has 0 aromatic carbocycles. The van der Waals surface area contributed by atoms with Crippen molar-refractivity contribution in [3.05, 3.63) is 0 Å². The van der Waals surface area contributed by atoms with Crippen LogP contribution >= 0.6 is 0 Å². The minimum absolute atomic E-state index is 0.564. The van der Waals surface area contributed by atoms with Crippen LogP contribution in [0.15, 0.2) is 0 Å². The van der Waals surface area contributed by atoms with Crippen LogP contribution in [0.5, 0.6) is 0 Å². The van der Waals surface area contributed by atoms with E-state index in [9.17, 15) is 0 Å². The highest BCUT2D eigenvalue weighted by atomic mass is 14.7. The summed E-state index contributed by atoms with van der Waals surface area (Å²) in [7, 11) is 0. The van der Waals surface area contributed by atoms with Gasteiger partial charge in [-0.3, -0.25) is 0 Å². The predicted molar refractivity (Wildman–Crippen MR) is 56.5 cm³/mol. The van der Waals surface area contributed by atoms with Crippen LogP contribution in [0, 0.1) is 17.3 Å². The molecule has 0 saturated heterocycles. The Morgan fingerprint density at radius 1 is 1.23 bits per heavy atom. The lowest BCUT2D eigenvalue weighted by atomic mass is 9.51. The van der Waals surface area contributed by atoms with Gasteiger partial charge in [-0.05, 0) is 43.1 Å². The Hall–Kier alpha value is -0.0400. The van der Waals surface area contributed by atoms with Crippen molar-refractivity contribution in [1.82, 2.24) is 0 Å². The molecule has 0 aromatic rings. The zero-order valence-corrected chi connectivity index (χ0v) is 8.89. The second-order valence-electron chi connectivity index (χ2n) is 5.13. The molecule has 0 aromatic heterocycles. The van der Waals surface area contributed by atoms with Gasteiger partial charge in [-0.25, -0.2) is 0 Å². The van der Waals surface area contributed by atoms with Crippen molar-refractivity contribution in [2.24, 2.45) is 23.0 Å². The number of hydrogen-bond donors (Lipinski definition) is 1. The van der Waals surface area contributed by atoms with Crippen molar-refractivity contribution in [2.75, 3.05) is 6.54 Å².